The number of carbonyl (C=O) groups excluding carboxylic acids is 2. The molecule has 1 aromatic heterocycles. The summed E-state index contributed by atoms with van der Waals surface area (Å²) in [6.07, 6.45) is 2.55. The first-order valence-electron chi connectivity index (χ1n) is 11.1. The molecule has 1 aliphatic carbocycles. The number of fused-ring (bicyclic) bond motifs is 1. The van der Waals surface area contributed by atoms with Gasteiger partial charge in [0, 0.05) is 10.4 Å². The topological polar surface area (TPSA) is 102 Å². The van der Waals surface area contributed by atoms with Crippen LogP contribution in [0.25, 0.3) is 0 Å². The Hall–Kier alpha value is -2.88. The smallest absolute Gasteiger partial charge is 0.341 e. The van der Waals surface area contributed by atoms with E-state index in [4.69, 9.17) is 16.3 Å². The average Bonchev–Trinajstić information content (AvgIpc) is 3.38. The van der Waals surface area contributed by atoms with Gasteiger partial charge in [-0.3, -0.25) is 9.52 Å². The van der Waals surface area contributed by atoms with Gasteiger partial charge in [0.15, 0.2) is 0 Å². The lowest BCUT2D eigenvalue weighted by molar-refractivity contribution is 0.0527. The number of benzene rings is 2. The molecule has 0 spiro atoms. The van der Waals surface area contributed by atoms with Gasteiger partial charge >= 0.3 is 5.97 Å². The fraction of sp³-hybridized carbons (Fsp3) is 0.280. The van der Waals surface area contributed by atoms with Gasteiger partial charge in [0.1, 0.15) is 9.90 Å². The van der Waals surface area contributed by atoms with E-state index in [1.165, 1.54) is 29.5 Å². The molecule has 2 N–H and O–H groups in total. The number of aryl methyl sites for hydroxylation is 2. The van der Waals surface area contributed by atoms with Gasteiger partial charge in [0.2, 0.25) is 0 Å². The molecule has 1 heterocycles. The first-order chi connectivity index (χ1) is 16.6. The summed E-state index contributed by atoms with van der Waals surface area (Å²) in [6, 6.07) is 9.35. The summed E-state index contributed by atoms with van der Waals surface area (Å²) >= 11 is 7.58. The van der Waals surface area contributed by atoms with Crippen LogP contribution in [0.2, 0.25) is 5.02 Å². The van der Waals surface area contributed by atoms with E-state index in [0.29, 0.717) is 16.3 Å². The molecule has 0 saturated heterocycles. The van der Waals surface area contributed by atoms with Crippen molar-refractivity contribution in [1.82, 2.24) is 0 Å². The number of carbonyl (C=O) groups is 2. The van der Waals surface area contributed by atoms with Gasteiger partial charge in [-0.2, -0.15) is 0 Å². The first kappa shape index (κ1) is 25.2. The Morgan fingerprint density at radius 1 is 1.14 bits per heavy atom. The molecule has 0 bridgehead atoms. The monoisotopic (exact) mass is 532 g/mol. The number of hydrogen-bond acceptors (Lipinski definition) is 6. The second-order valence-electron chi connectivity index (χ2n) is 8.23. The summed E-state index contributed by atoms with van der Waals surface area (Å²) in [5.41, 5.74) is 3.56. The van der Waals surface area contributed by atoms with Gasteiger partial charge in [-0.05, 0) is 81.0 Å². The highest BCUT2D eigenvalue weighted by Crippen LogP contribution is 2.40. The average molecular weight is 533 g/mol. The summed E-state index contributed by atoms with van der Waals surface area (Å²) in [6.45, 7) is 5.65. The molecule has 0 atom stereocenters. The Bertz CT molecular complexity index is 1430. The fourth-order valence-corrected chi connectivity index (χ4v) is 6.92. The second kappa shape index (κ2) is 10.0. The third kappa shape index (κ3) is 5.07. The number of amides is 1. The van der Waals surface area contributed by atoms with Crippen molar-refractivity contribution in [1.29, 1.82) is 0 Å². The van der Waals surface area contributed by atoms with Crippen LogP contribution >= 0.6 is 22.9 Å². The Morgan fingerprint density at radius 2 is 1.91 bits per heavy atom. The highest BCUT2D eigenvalue weighted by atomic mass is 35.5. The molecule has 0 saturated carbocycles. The maximum Gasteiger partial charge on any atom is 0.341 e. The molecule has 1 amide bonds. The molecule has 0 aliphatic heterocycles. The number of hydrogen-bond donors (Lipinski definition) is 2. The molecule has 4 rings (SSSR count). The number of anilines is 2. The summed E-state index contributed by atoms with van der Waals surface area (Å²) in [4.78, 5) is 26.5. The molecule has 7 nitrogen and oxygen atoms in total. The maximum atomic E-state index is 13.1. The first-order valence-corrected chi connectivity index (χ1v) is 13.8. The highest BCUT2D eigenvalue weighted by molar-refractivity contribution is 7.92. The normalized spacial score (nSPS) is 12.8. The van der Waals surface area contributed by atoms with Crippen LogP contribution in [0.3, 0.4) is 0 Å². The number of thiophene rings is 1. The van der Waals surface area contributed by atoms with Crippen LogP contribution in [0.4, 0.5) is 10.7 Å². The number of halogens is 1. The Labute approximate surface area is 213 Å². The Balaban J connectivity index is 1.64. The van der Waals surface area contributed by atoms with Gasteiger partial charge in [-0.15, -0.1) is 11.3 Å². The zero-order chi connectivity index (χ0) is 25.3. The zero-order valence-electron chi connectivity index (χ0n) is 19.5. The van der Waals surface area contributed by atoms with Crippen molar-refractivity contribution in [2.24, 2.45) is 0 Å². The van der Waals surface area contributed by atoms with Crippen molar-refractivity contribution in [2.75, 3.05) is 16.6 Å². The number of esters is 1. The molecule has 0 radical (unpaired) electrons. The molecule has 0 unspecified atom stereocenters. The molecular weight excluding hydrogens is 508 g/mol. The lowest BCUT2D eigenvalue weighted by Crippen LogP contribution is -2.18. The van der Waals surface area contributed by atoms with Crippen molar-refractivity contribution in [3.8, 4) is 0 Å². The minimum absolute atomic E-state index is 0.0123. The van der Waals surface area contributed by atoms with Crippen LogP contribution in [-0.4, -0.2) is 26.9 Å². The van der Waals surface area contributed by atoms with Gasteiger partial charge in [-0.1, -0.05) is 23.7 Å². The lowest BCUT2D eigenvalue weighted by atomic mass is 10.1. The van der Waals surface area contributed by atoms with Gasteiger partial charge in [0.25, 0.3) is 15.9 Å². The molecule has 1 aliphatic rings. The predicted molar refractivity (Wildman–Crippen MR) is 138 cm³/mol. The number of nitrogens with one attached hydrogen (secondary N) is 2. The van der Waals surface area contributed by atoms with E-state index in [1.54, 1.807) is 19.1 Å². The fourth-order valence-electron chi connectivity index (χ4n) is 4.00. The van der Waals surface area contributed by atoms with Crippen molar-refractivity contribution in [3.05, 3.63) is 74.1 Å². The van der Waals surface area contributed by atoms with Crippen molar-refractivity contribution in [2.45, 2.75) is 44.9 Å². The molecule has 184 valence electrons. The molecule has 0 fully saturated rings. The standard InChI is InChI=1S/C25H25ClN2O5S2/c1-4-33-25(30)22-17-8-6-10-20(17)34-24(22)27-23(29)16-11-12-18(26)21(13-16)35(31,32)28-19-9-5-7-14(2)15(19)3/h5,7,9,11-13,28H,4,6,8,10H2,1-3H3,(H,27,29). The third-order valence-electron chi connectivity index (χ3n) is 5.96. The molecular formula is C25H25ClN2O5S2. The largest absolute Gasteiger partial charge is 0.462 e. The minimum atomic E-state index is -4.07. The highest BCUT2D eigenvalue weighted by Gasteiger charge is 2.29. The quantitative estimate of drug-likeness (QED) is 0.378. The van der Waals surface area contributed by atoms with Crippen molar-refractivity contribution >= 4 is 55.5 Å². The van der Waals surface area contributed by atoms with Gasteiger partial charge in [0.05, 0.1) is 22.9 Å². The van der Waals surface area contributed by atoms with E-state index in [-0.39, 0.29) is 22.1 Å². The van der Waals surface area contributed by atoms with Crippen molar-refractivity contribution < 1.29 is 22.7 Å². The van der Waals surface area contributed by atoms with Crippen LogP contribution in [0.5, 0.6) is 0 Å². The molecule has 35 heavy (non-hydrogen) atoms. The van der Waals surface area contributed by atoms with E-state index in [2.05, 4.69) is 10.0 Å². The second-order valence-corrected chi connectivity index (χ2v) is 11.4. The molecule has 10 heteroatoms. The minimum Gasteiger partial charge on any atom is -0.462 e. The predicted octanol–water partition coefficient (Wildman–Crippen LogP) is 5.74. The van der Waals surface area contributed by atoms with E-state index in [1.807, 2.05) is 19.9 Å². The summed E-state index contributed by atoms with van der Waals surface area (Å²) in [5.74, 6) is -1.02. The Kier molecular flexibility index (Phi) is 7.21. The van der Waals surface area contributed by atoms with Crippen LogP contribution in [0.15, 0.2) is 41.3 Å². The summed E-state index contributed by atoms with van der Waals surface area (Å²) < 4.78 is 34.1. The summed E-state index contributed by atoms with van der Waals surface area (Å²) in [5, 5.41) is 3.18. The van der Waals surface area contributed by atoms with Crippen LogP contribution in [0.1, 0.15) is 55.6 Å². The third-order valence-corrected chi connectivity index (χ3v) is 9.01. The van der Waals surface area contributed by atoms with E-state index in [0.717, 1.165) is 40.8 Å². The Morgan fingerprint density at radius 3 is 2.66 bits per heavy atom. The van der Waals surface area contributed by atoms with E-state index < -0.39 is 21.9 Å². The van der Waals surface area contributed by atoms with Gasteiger partial charge < -0.3 is 10.1 Å². The van der Waals surface area contributed by atoms with Crippen LogP contribution in [-0.2, 0) is 27.6 Å². The zero-order valence-corrected chi connectivity index (χ0v) is 21.9. The molecule has 2 aromatic carbocycles. The number of ether oxygens (including phenoxy) is 1. The molecule has 3 aromatic rings. The SMILES string of the molecule is CCOC(=O)c1c(NC(=O)c2ccc(Cl)c(S(=O)(=O)Nc3cccc(C)c3C)c2)sc2c1CCC2. The van der Waals surface area contributed by atoms with Crippen LogP contribution in [0, 0.1) is 13.8 Å². The lowest BCUT2D eigenvalue weighted by Gasteiger charge is -2.14. The number of sulfonamides is 1. The maximum absolute atomic E-state index is 13.1. The van der Waals surface area contributed by atoms with Gasteiger partial charge in [-0.25, -0.2) is 13.2 Å². The van der Waals surface area contributed by atoms with Crippen molar-refractivity contribution in [3.63, 3.8) is 0 Å². The van der Waals surface area contributed by atoms with E-state index >= 15 is 0 Å². The van der Waals surface area contributed by atoms with Crippen LogP contribution < -0.4 is 10.0 Å². The summed E-state index contributed by atoms with van der Waals surface area (Å²) in [7, 11) is -4.07. The van der Waals surface area contributed by atoms with E-state index in [9.17, 15) is 18.0 Å². The number of rotatable bonds is 7.